The van der Waals surface area contributed by atoms with E-state index in [0.717, 1.165) is 5.56 Å². The zero-order valence-electron chi connectivity index (χ0n) is 13.9. The van der Waals surface area contributed by atoms with E-state index < -0.39 is 30.0 Å². The molecule has 0 radical (unpaired) electrons. The van der Waals surface area contributed by atoms with Crippen LogP contribution in [0, 0.1) is 0 Å². The molecule has 2 aliphatic heterocycles. The molecule has 0 aliphatic carbocycles. The molecular weight excluding hydrogens is 314 g/mol. The van der Waals surface area contributed by atoms with Crippen LogP contribution in [-0.2, 0) is 30.3 Å². The molecule has 7 nitrogen and oxygen atoms in total. The number of methoxy groups -OCH3 is 1. The number of carbonyl (C=O) groups excluding carboxylic acids is 2. The lowest BCUT2D eigenvalue weighted by atomic mass is 10.1. The maximum absolute atomic E-state index is 12.4. The van der Waals surface area contributed by atoms with Gasteiger partial charge >= 0.3 is 12.1 Å². The Morgan fingerprint density at radius 3 is 2.62 bits per heavy atom. The van der Waals surface area contributed by atoms with Crippen molar-refractivity contribution < 1.29 is 28.5 Å². The lowest BCUT2D eigenvalue weighted by Gasteiger charge is -2.27. The summed E-state index contributed by atoms with van der Waals surface area (Å²) in [6.45, 7) is 3.91. The molecule has 0 bridgehead atoms. The van der Waals surface area contributed by atoms with Crippen LogP contribution in [0.2, 0.25) is 0 Å². The smallest absolute Gasteiger partial charge is 0.411 e. The summed E-state index contributed by atoms with van der Waals surface area (Å²) in [4.78, 5) is 25.9. The number of ether oxygens (including phenoxy) is 4. The van der Waals surface area contributed by atoms with Gasteiger partial charge in [0.1, 0.15) is 18.8 Å². The molecule has 2 aliphatic rings. The van der Waals surface area contributed by atoms with Crippen molar-refractivity contribution in [2.75, 3.05) is 13.7 Å². The Bertz CT molecular complexity index is 617. The Balaban J connectivity index is 1.70. The van der Waals surface area contributed by atoms with Crippen molar-refractivity contribution in [2.45, 2.75) is 44.5 Å². The van der Waals surface area contributed by atoms with Crippen molar-refractivity contribution in [1.82, 2.24) is 4.90 Å². The first-order chi connectivity index (χ1) is 11.4. The second-order valence-electron chi connectivity index (χ2n) is 6.30. The van der Waals surface area contributed by atoms with Crippen LogP contribution >= 0.6 is 0 Å². The molecule has 2 saturated heterocycles. The van der Waals surface area contributed by atoms with Crippen molar-refractivity contribution >= 4 is 12.1 Å². The van der Waals surface area contributed by atoms with Gasteiger partial charge in [-0.2, -0.15) is 0 Å². The van der Waals surface area contributed by atoms with E-state index in [1.165, 1.54) is 12.0 Å². The molecule has 0 saturated carbocycles. The van der Waals surface area contributed by atoms with Gasteiger partial charge in [0.05, 0.1) is 13.7 Å². The highest BCUT2D eigenvalue weighted by Gasteiger charge is 2.57. The predicted molar refractivity (Wildman–Crippen MR) is 83.0 cm³/mol. The number of hydrogen-bond acceptors (Lipinski definition) is 6. The maximum Gasteiger partial charge on any atom is 0.411 e. The Morgan fingerprint density at radius 1 is 1.25 bits per heavy atom. The summed E-state index contributed by atoms with van der Waals surface area (Å²) in [5, 5.41) is 0. The van der Waals surface area contributed by atoms with Crippen LogP contribution in [0.4, 0.5) is 4.79 Å². The maximum atomic E-state index is 12.4. The Labute approximate surface area is 140 Å². The molecule has 130 valence electrons. The van der Waals surface area contributed by atoms with Crippen molar-refractivity contribution in [1.29, 1.82) is 0 Å². The minimum atomic E-state index is -0.870. The van der Waals surface area contributed by atoms with Gasteiger partial charge in [0.2, 0.25) is 0 Å². The number of fused-ring (bicyclic) bond motifs is 1. The van der Waals surface area contributed by atoms with Crippen molar-refractivity contribution in [2.24, 2.45) is 0 Å². The van der Waals surface area contributed by atoms with Gasteiger partial charge in [-0.05, 0) is 19.4 Å². The van der Waals surface area contributed by atoms with E-state index in [4.69, 9.17) is 18.9 Å². The molecule has 0 N–H and O–H groups in total. The quantitative estimate of drug-likeness (QED) is 0.783. The molecule has 3 rings (SSSR count). The van der Waals surface area contributed by atoms with Crippen molar-refractivity contribution in [3.8, 4) is 0 Å². The average Bonchev–Trinajstić information content (AvgIpc) is 3.04. The van der Waals surface area contributed by atoms with Gasteiger partial charge in [-0.25, -0.2) is 9.59 Å². The topological polar surface area (TPSA) is 74.3 Å². The van der Waals surface area contributed by atoms with Crippen molar-refractivity contribution in [3.63, 3.8) is 0 Å². The third-order valence-electron chi connectivity index (χ3n) is 4.13. The van der Waals surface area contributed by atoms with Crippen LogP contribution in [0.25, 0.3) is 0 Å². The summed E-state index contributed by atoms with van der Waals surface area (Å²) in [5.41, 5.74) is 0.869. The van der Waals surface area contributed by atoms with Crippen LogP contribution in [-0.4, -0.2) is 54.7 Å². The standard InChI is InChI=1S/C17H21NO6/c1-17(2)23-12-9-18(13(14(12)24-17)15(19)21-3)16(20)22-10-11-7-5-4-6-8-11/h4-8,12-14H,9-10H2,1-3H3/t12?,13-,14?/m0/s1. The van der Waals surface area contributed by atoms with Crippen LogP contribution < -0.4 is 0 Å². The second kappa shape index (κ2) is 6.41. The number of rotatable bonds is 3. The number of nitrogens with zero attached hydrogens (tertiary/aromatic N) is 1. The Kier molecular flexibility index (Phi) is 4.47. The minimum absolute atomic E-state index is 0.132. The highest BCUT2D eigenvalue weighted by Crippen LogP contribution is 2.37. The van der Waals surface area contributed by atoms with Gasteiger partial charge in [0, 0.05) is 0 Å². The van der Waals surface area contributed by atoms with Gasteiger partial charge in [0.15, 0.2) is 11.8 Å². The lowest BCUT2D eigenvalue weighted by molar-refractivity contribution is -0.170. The Morgan fingerprint density at radius 2 is 1.96 bits per heavy atom. The normalized spacial score (nSPS) is 27.6. The third kappa shape index (κ3) is 3.22. The summed E-state index contributed by atoms with van der Waals surface area (Å²) in [6, 6.07) is 8.47. The van der Waals surface area contributed by atoms with Gasteiger partial charge in [-0.3, -0.25) is 4.90 Å². The van der Waals surface area contributed by atoms with Gasteiger partial charge < -0.3 is 18.9 Å². The minimum Gasteiger partial charge on any atom is -0.467 e. The number of esters is 1. The molecule has 3 atom stereocenters. The Hall–Kier alpha value is -2.12. The zero-order chi connectivity index (χ0) is 17.3. The highest BCUT2D eigenvalue weighted by atomic mass is 16.8. The first kappa shape index (κ1) is 16.7. The average molecular weight is 335 g/mol. The van der Waals surface area contributed by atoms with E-state index in [2.05, 4.69) is 0 Å². The fourth-order valence-corrected chi connectivity index (χ4v) is 3.13. The highest BCUT2D eigenvalue weighted by molar-refractivity contribution is 5.83. The number of likely N-dealkylation sites (tertiary alicyclic amines) is 1. The molecule has 1 aromatic carbocycles. The van der Waals surface area contributed by atoms with E-state index in [-0.39, 0.29) is 19.3 Å². The zero-order valence-corrected chi connectivity index (χ0v) is 13.9. The van der Waals surface area contributed by atoms with E-state index in [1.54, 1.807) is 13.8 Å². The van der Waals surface area contributed by atoms with Gasteiger partial charge in [-0.1, -0.05) is 30.3 Å². The van der Waals surface area contributed by atoms with Crippen LogP contribution in [0.3, 0.4) is 0 Å². The first-order valence-electron chi connectivity index (χ1n) is 7.82. The summed E-state index contributed by atoms with van der Waals surface area (Å²) >= 11 is 0. The van der Waals surface area contributed by atoms with Crippen LogP contribution in [0.1, 0.15) is 19.4 Å². The summed E-state index contributed by atoms with van der Waals surface area (Å²) in [5.74, 6) is -1.33. The van der Waals surface area contributed by atoms with Crippen LogP contribution in [0.15, 0.2) is 30.3 Å². The lowest BCUT2D eigenvalue weighted by Crippen LogP contribution is -2.47. The number of carbonyl (C=O) groups is 2. The SMILES string of the molecule is COC(=O)[C@@H]1C2OC(C)(C)OC2CN1C(=O)OCc1ccccc1. The molecule has 1 amide bonds. The summed E-state index contributed by atoms with van der Waals surface area (Å²) in [6.07, 6.45) is -1.53. The molecule has 0 aromatic heterocycles. The molecule has 24 heavy (non-hydrogen) atoms. The van der Waals surface area contributed by atoms with Gasteiger partial charge in [-0.15, -0.1) is 0 Å². The molecule has 0 spiro atoms. The third-order valence-corrected chi connectivity index (χ3v) is 4.13. The number of amides is 1. The summed E-state index contributed by atoms with van der Waals surface area (Å²) in [7, 11) is 1.28. The van der Waals surface area contributed by atoms with Gasteiger partial charge in [0.25, 0.3) is 0 Å². The molecular formula is C17H21NO6. The first-order valence-corrected chi connectivity index (χ1v) is 7.82. The van der Waals surface area contributed by atoms with E-state index >= 15 is 0 Å². The van der Waals surface area contributed by atoms with E-state index in [0.29, 0.717) is 0 Å². The largest absolute Gasteiger partial charge is 0.467 e. The number of hydrogen-bond donors (Lipinski definition) is 0. The molecule has 2 unspecified atom stereocenters. The molecule has 1 aromatic rings. The number of benzene rings is 1. The fraction of sp³-hybridized carbons (Fsp3) is 0.529. The second-order valence-corrected chi connectivity index (χ2v) is 6.30. The van der Waals surface area contributed by atoms with E-state index in [1.807, 2.05) is 30.3 Å². The molecule has 7 heteroatoms. The monoisotopic (exact) mass is 335 g/mol. The summed E-state index contributed by atoms with van der Waals surface area (Å²) < 4.78 is 21.7. The van der Waals surface area contributed by atoms with Crippen molar-refractivity contribution in [3.05, 3.63) is 35.9 Å². The predicted octanol–water partition coefficient (Wildman–Crippen LogP) is 1.70. The van der Waals surface area contributed by atoms with Crippen LogP contribution in [0.5, 0.6) is 0 Å². The molecule has 2 fully saturated rings. The fourth-order valence-electron chi connectivity index (χ4n) is 3.13. The molecule has 2 heterocycles. The van der Waals surface area contributed by atoms with E-state index in [9.17, 15) is 9.59 Å².